The third-order valence-corrected chi connectivity index (χ3v) is 7.45. The van der Waals surface area contributed by atoms with Gasteiger partial charge in [0.1, 0.15) is 11.7 Å². The Labute approximate surface area is 226 Å². The fourth-order valence-electron chi connectivity index (χ4n) is 4.55. The summed E-state index contributed by atoms with van der Waals surface area (Å²) in [6, 6.07) is 8.20. The minimum Gasteiger partial charge on any atom is -0.497 e. The van der Waals surface area contributed by atoms with Gasteiger partial charge in [0.25, 0.3) is 0 Å². The number of piperazine rings is 1. The average Bonchev–Trinajstić information content (AvgIpc) is 2.89. The molecular formula is C26H32BrN5O3S. The second kappa shape index (κ2) is 12.6. The summed E-state index contributed by atoms with van der Waals surface area (Å²) >= 11 is 8.72. The molecule has 10 heteroatoms. The zero-order valence-electron chi connectivity index (χ0n) is 20.5. The third-order valence-electron chi connectivity index (χ3n) is 6.61. The number of carbonyl (C=O) groups is 2. The fraction of sp³-hybridized carbons (Fsp3) is 0.462. The van der Waals surface area contributed by atoms with E-state index in [1.165, 1.54) is 10.6 Å². The number of halogens is 1. The minimum atomic E-state index is -0.414. The summed E-state index contributed by atoms with van der Waals surface area (Å²) in [5.74, 6) is 0.377. The number of hydrogen-bond acceptors (Lipinski definition) is 6. The lowest BCUT2D eigenvalue weighted by Crippen LogP contribution is -2.47. The molecule has 36 heavy (non-hydrogen) atoms. The first-order chi connectivity index (χ1) is 17.4. The van der Waals surface area contributed by atoms with Gasteiger partial charge in [0, 0.05) is 55.9 Å². The van der Waals surface area contributed by atoms with Crippen LogP contribution < -0.4 is 15.0 Å². The van der Waals surface area contributed by atoms with E-state index < -0.39 is 5.92 Å². The summed E-state index contributed by atoms with van der Waals surface area (Å²) in [6.07, 6.45) is 7.31. The normalized spacial score (nSPS) is 20.1. The number of allylic oxidation sites excluding steroid dienone is 3. The Morgan fingerprint density at radius 3 is 2.61 bits per heavy atom. The Bertz CT molecular complexity index is 1060. The van der Waals surface area contributed by atoms with Crippen LogP contribution in [0.25, 0.3) is 0 Å². The Kier molecular flexibility index (Phi) is 9.28. The quantitative estimate of drug-likeness (QED) is 0.342. The van der Waals surface area contributed by atoms with Crippen molar-refractivity contribution in [3.05, 3.63) is 47.0 Å². The van der Waals surface area contributed by atoms with Crippen molar-refractivity contribution in [2.75, 3.05) is 57.8 Å². The number of nitrogens with one attached hydrogen (secondary N) is 1. The molecule has 8 nitrogen and oxygen atoms in total. The van der Waals surface area contributed by atoms with Gasteiger partial charge < -0.3 is 15.0 Å². The van der Waals surface area contributed by atoms with Crippen LogP contribution in [0.5, 0.6) is 5.75 Å². The van der Waals surface area contributed by atoms with Crippen LogP contribution in [-0.2, 0) is 9.59 Å². The summed E-state index contributed by atoms with van der Waals surface area (Å²) in [6.45, 7) is 6.02. The monoisotopic (exact) mass is 573 g/mol. The summed E-state index contributed by atoms with van der Waals surface area (Å²) < 4.78 is 6.09. The van der Waals surface area contributed by atoms with Gasteiger partial charge in [-0.25, -0.2) is 4.99 Å². The highest BCUT2D eigenvalue weighted by molar-refractivity contribution is 9.11. The van der Waals surface area contributed by atoms with Gasteiger partial charge in [-0.15, -0.1) is 0 Å². The molecule has 192 valence electrons. The molecule has 4 rings (SSSR count). The van der Waals surface area contributed by atoms with Crippen molar-refractivity contribution in [2.24, 2.45) is 10.9 Å². The van der Waals surface area contributed by atoms with Gasteiger partial charge in [-0.1, -0.05) is 22.0 Å². The van der Waals surface area contributed by atoms with Crippen LogP contribution in [0.1, 0.15) is 19.3 Å². The molecule has 3 aliphatic rings. The molecule has 1 saturated heterocycles. The zero-order chi connectivity index (χ0) is 25.5. The summed E-state index contributed by atoms with van der Waals surface area (Å²) in [7, 11) is 1.68. The summed E-state index contributed by atoms with van der Waals surface area (Å²) in [4.78, 5) is 35.8. The van der Waals surface area contributed by atoms with Crippen LogP contribution in [0.15, 0.2) is 52.0 Å². The van der Waals surface area contributed by atoms with Gasteiger partial charge in [0.15, 0.2) is 0 Å². The van der Waals surface area contributed by atoms with E-state index in [9.17, 15) is 9.59 Å². The van der Waals surface area contributed by atoms with E-state index in [2.05, 4.69) is 48.2 Å². The molecule has 1 N–H and O–H groups in total. The predicted octanol–water partition coefficient (Wildman–Crippen LogP) is 3.14. The molecule has 2 aliphatic heterocycles. The number of amides is 2. The van der Waals surface area contributed by atoms with E-state index in [1.54, 1.807) is 7.11 Å². The number of benzene rings is 1. The van der Waals surface area contributed by atoms with E-state index in [0.29, 0.717) is 31.6 Å². The van der Waals surface area contributed by atoms with Crippen LogP contribution in [0.2, 0.25) is 0 Å². The van der Waals surface area contributed by atoms with Crippen molar-refractivity contribution in [1.82, 2.24) is 15.1 Å². The van der Waals surface area contributed by atoms with Gasteiger partial charge in [0.05, 0.1) is 12.8 Å². The number of nitrogens with zero attached hydrogens (tertiary/aromatic N) is 4. The Balaban J connectivity index is 1.09. The highest BCUT2D eigenvalue weighted by Gasteiger charge is 2.34. The molecule has 1 fully saturated rings. The highest BCUT2D eigenvalue weighted by atomic mass is 79.9. The maximum atomic E-state index is 12.8. The Hall–Kier alpha value is -2.56. The van der Waals surface area contributed by atoms with Crippen molar-refractivity contribution in [3.8, 4) is 5.75 Å². The molecule has 1 aromatic carbocycles. The smallest absolute Gasteiger partial charge is 0.241 e. The zero-order valence-corrected chi connectivity index (χ0v) is 22.9. The van der Waals surface area contributed by atoms with Gasteiger partial charge in [0.2, 0.25) is 16.9 Å². The first-order valence-electron chi connectivity index (χ1n) is 12.3. The maximum Gasteiger partial charge on any atom is 0.241 e. The molecular weight excluding hydrogens is 542 g/mol. The van der Waals surface area contributed by atoms with E-state index >= 15 is 0 Å². The number of hydrogen-bond donors (Lipinski definition) is 1. The van der Waals surface area contributed by atoms with E-state index in [1.807, 2.05) is 30.4 Å². The number of methoxy groups -OCH3 is 1. The largest absolute Gasteiger partial charge is 0.497 e. The number of aliphatic imine (C=N–C) groups is 1. The molecule has 1 unspecified atom stereocenters. The number of ether oxygens (including phenoxy) is 1. The first kappa shape index (κ1) is 26.5. The lowest BCUT2D eigenvalue weighted by atomic mass is 9.95. The van der Waals surface area contributed by atoms with Crippen LogP contribution in [0.3, 0.4) is 0 Å². The standard InChI is InChI=1S/C26H32BrN5O3S/c1-35-21-8-6-20(7-9-21)31-16-14-30(15-17-31)12-3-11-28-24(33)4-2-13-32-25(34)22-18-19(27)5-10-23(22)29-26(32)36/h5-10,18,22H,2-4,11-17H2,1H3,(H,28,33). The SMILES string of the molecule is COc1ccc(N2CCN(CCCNC(=O)CCCN3C(=O)C4C=C(Br)C=CC4=NC3=S)CC2)cc1. The fourth-order valence-corrected chi connectivity index (χ4v) is 5.23. The van der Waals surface area contributed by atoms with Crippen molar-refractivity contribution >= 4 is 56.5 Å². The second-order valence-corrected chi connectivity index (χ2v) is 10.3. The lowest BCUT2D eigenvalue weighted by Gasteiger charge is -2.36. The van der Waals surface area contributed by atoms with Crippen molar-refractivity contribution in [3.63, 3.8) is 0 Å². The minimum absolute atomic E-state index is 0.00197. The molecule has 0 radical (unpaired) electrons. The molecule has 2 heterocycles. The van der Waals surface area contributed by atoms with Gasteiger partial charge in [-0.05, 0) is 68.0 Å². The second-order valence-electron chi connectivity index (χ2n) is 9.01. The molecule has 0 saturated carbocycles. The predicted molar refractivity (Wildman–Crippen MR) is 150 cm³/mol. The number of rotatable bonds is 10. The first-order valence-corrected chi connectivity index (χ1v) is 13.5. The van der Waals surface area contributed by atoms with Crippen LogP contribution in [-0.4, -0.2) is 85.4 Å². The Morgan fingerprint density at radius 2 is 1.89 bits per heavy atom. The number of thiocarbonyl (C=S) groups is 1. The maximum absolute atomic E-state index is 12.8. The Morgan fingerprint density at radius 1 is 1.14 bits per heavy atom. The number of anilines is 1. The summed E-state index contributed by atoms with van der Waals surface area (Å²) in [5.41, 5.74) is 1.89. The molecule has 0 spiro atoms. The van der Waals surface area contributed by atoms with Crippen molar-refractivity contribution in [2.45, 2.75) is 19.3 Å². The van der Waals surface area contributed by atoms with E-state index in [4.69, 9.17) is 17.0 Å². The molecule has 1 atom stereocenters. The van der Waals surface area contributed by atoms with Crippen LogP contribution >= 0.6 is 28.1 Å². The topological polar surface area (TPSA) is 77.5 Å². The number of fused-ring (bicyclic) bond motifs is 1. The lowest BCUT2D eigenvalue weighted by molar-refractivity contribution is -0.129. The van der Waals surface area contributed by atoms with Gasteiger partial charge in [-0.2, -0.15) is 0 Å². The van der Waals surface area contributed by atoms with Crippen LogP contribution in [0, 0.1) is 5.92 Å². The molecule has 1 aliphatic carbocycles. The summed E-state index contributed by atoms with van der Waals surface area (Å²) in [5, 5.41) is 3.28. The number of carbonyl (C=O) groups excluding carboxylic acids is 2. The molecule has 2 amide bonds. The van der Waals surface area contributed by atoms with Gasteiger partial charge in [-0.3, -0.25) is 19.4 Å². The van der Waals surface area contributed by atoms with E-state index in [0.717, 1.165) is 49.4 Å². The molecule has 0 bridgehead atoms. The van der Waals surface area contributed by atoms with E-state index in [-0.39, 0.29) is 16.9 Å². The van der Waals surface area contributed by atoms with Crippen LogP contribution in [0.4, 0.5) is 5.69 Å². The third kappa shape index (κ3) is 6.80. The van der Waals surface area contributed by atoms with Crippen molar-refractivity contribution in [1.29, 1.82) is 0 Å². The van der Waals surface area contributed by atoms with Crippen molar-refractivity contribution < 1.29 is 14.3 Å². The average molecular weight is 575 g/mol. The van der Waals surface area contributed by atoms with Gasteiger partial charge >= 0.3 is 0 Å². The molecule has 1 aromatic rings. The highest BCUT2D eigenvalue weighted by Crippen LogP contribution is 2.25. The molecule has 0 aromatic heterocycles.